The van der Waals surface area contributed by atoms with Crippen molar-refractivity contribution in [2.45, 2.75) is 44.0 Å². The maximum absolute atomic E-state index is 13.9. The highest BCUT2D eigenvalue weighted by Crippen LogP contribution is 2.26. The fourth-order valence-corrected chi connectivity index (χ4v) is 5.69. The van der Waals surface area contributed by atoms with Crippen LogP contribution in [0.15, 0.2) is 89.8 Å². The zero-order valence-electron chi connectivity index (χ0n) is 22.6. The van der Waals surface area contributed by atoms with Crippen molar-refractivity contribution in [1.29, 1.82) is 0 Å². The van der Waals surface area contributed by atoms with E-state index in [1.54, 1.807) is 25.1 Å². The predicted octanol–water partition coefficient (Wildman–Crippen LogP) is 4.17. The van der Waals surface area contributed by atoms with Gasteiger partial charge in [-0.15, -0.1) is 0 Å². The van der Waals surface area contributed by atoms with E-state index < -0.39 is 33.4 Å². The van der Waals surface area contributed by atoms with E-state index in [4.69, 9.17) is 0 Å². The Morgan fingerprint density at radius 2 is 1.52 bits per heavy atom. The number of sulfonamides is 1. The third kappa shape index (κ3) is 7.66. The van der Waals surface area contributed by atoms with Crippen molar-refractivity contribution in [2.24, 2.45) is 0 Å². The number of carbonyl (C=O) groups is 2. The molecule has 3 aromatic carbocycles. The molecule has 40 heavy (non-hydrogen) atoms. The Morgan fingerprint density at radius 1 is 0.925 bits per heavy atom. The molecule has 11 heteroatoms. The van der Waals surface area contributed by atoms with E-state index in [1.807, 2.05) is 37.3 Å². The molecule has 0 saturated carbocycles. The van der Waals surface area contributed by atoms with Crippen LogP contribution in [-0.4, -0.2) is 55.7 Å². The molecular weight excluding hydrogens is 532 g/mol. The van der Waals surface area contributed by atoms with Gasteiger partial charge in [-0.2, -0.15) is 0 Å². The first-order chi connectivity index (χ1) is 19.2. The van der Waals surface area contributed by atoms with Crippen molar-refractivity contribution in [2.75, 3.05) is 23.9 Å². The monoisotopic (exact) mass is 566 g/mol. The number of carbonyl (C=O) groups excluding carboxylic acids is 2. The molecule has 0 radical (unpaired) electrons. The summed E-state index contributed by atoms with van der Waals surface area (Å²) in [6.45, 7) is 3.78. The summed E-state index contributed by atoms with van der Waals surface area (Å²) in [5.74, 6) is -0.870. The number of nitro groups is 1. The fraction of sp³-hybridized carbons (Fsp3) is 0.310. The van der Waals surface area contributed by atoms with Crippen LogP contribution in [0.2, 0.25) is 0 Å². The first-order valence-corrected chi connectivity index (χ1v) is 14.6. The molecular formula is C29H34N4O6S. The predicted molar refractivity (Wildman–Crippen MR) is 153 cm³/mol. The average molecular weight is 567 g/mol. The molecule has 3 rings (SSSR count). The van der Waals surface area contributed by atoms with Gasteiger partial charge >= 0.3 is 0 Å². The maximum Gasteiger partial charge on any atom is 0.269 e. The summed E-state index contributed by atoms with van der Waals surface area (Å²) < 4.78 is 28.4. The lowest BCUT2D eigenvalue weighted by Crippen LogP contribution is -2.53. The SMILES string of the molecule is CCCNC(=O)[C@@H](CC)N(CCc1ccccc1)C(=O)CN(c1ccc([N+](=O)[O-])cc1)S(=O)(=O)c1ccccc1. The molecule has 0 fully saturated rings. The summed E-state index contributed by atoms with van der Waals surface area (Å²) in [4.78, 5) is 39.0. The smallest absolute Gasteiger partial charge is 0.269 e. The molecule has 0 aliphatic heterocycles. The zero-order chi connectivity index (χ0) is 29.1. The van der Waals surface area contributed by atoms with Gasteiger partial charge in [0.15, 0.2) is 0 Å². The van der Waals surface area contributed by atoms with E-state index in [9.17, 15) is 28.1 Å². The summed E-state index contributed by atoms with van der Waals surface area (Å²) in [6.07, 6.45) is 1.52. The van der Waals surface area contributed by atoms with Crippen LogP contribution in [-0.2, 0) is 26.0 Å². The number of benzene rings is 3. The Bertz CT molecular complexity index is 1380. The Hall–Kier alpha value is -4.25. The van der Waals surface area contributed by atoms with Crippen LogP contribution in [0.3, 0.4) is 0 Å². The standard InChI is InChI=1S/C29H34N4O6S/c1-3-20-30-29(35)27(4-2)31(21-19-23-11-7-5-8-12-23)28(34)22-32(24-15-17-25(18-16-24)33(36)37)40(38,39)26-13-9-6-10-14-26/h5-18,27H,3-4,19-22H2,1-2H3,(H,30,35)/t27-/m1/s1. The summed E-state index contributed by atoms with van der Waals surface area (Å²) in [6, 6.07) is 21.3. The number of nitro benzene ring substituents is 1. The van der Waals surface area contributed by atoms with E-state index in [0.29, 0.717) is 19.4 Å². The minimum Gasteiger partial charge on any atom is -0.354 e. The van der Waals surface area contributed by atoms with Gasteiger partial charge in [0.25, 0.3) is 15.7 Å². The van der Waals surface area contributed by atoms with Crippen LogP contribution < -0.4 is 9.62 Å². The van der Waals surface area contributed by atoms with Crippen molar-refractivity contribution in [3.05, 3.63) is 101 Å². The van der Waals surface area contributed by atoms with Crippen LogP contribution in [0.5, 0.6) is 0 Å². The van der Waals surface area contributed by atoms with Crippen LogP contribution in [0.4, 0.5) is 11.4 Å². The fourth-order valence-electron chi connectivity index (χ4n) is 4.25. The quantitative estimate of drug-likeness (QED) is 0.230. The Labute approximate surface area is 234 Å². The molecule has 10 nitrogen and oxygen atoms in total. The lowest BCUT2D eigenvalue weighted by molar-refractivity contribution is -0.384. The molecule has 3 aromatic rings. The van der Waals surface area contributed by atoms with Gasteiger partial charge in [-0.1, -0.05) is 62.4 Å². The zero-order valence-corrected chi connectivity index (χ0v) is 23.4. The van der Waals surface area contributed by atoms with E-state index in [2.05, 4.69) is 5.32 Å². The minimum absolute atomic E-state index is 0.0373. The van der Waals surface area contributed by atoms with Crippen LogP contribution >= 0.6 is 0 Å². The highest BCUT2D eigenvalue weighted by atomic mass is 32.2. The molecule has 0 bridgehead atoms. The van der Waals surface area contributed by atoms with Gasteiger partial charge in [0.05, 0.1) is 15.5 Å². The molecule has 1 N–H and O–H groups in total. The van der Waals surface area contributed by atoms with Crippen molar-refractivity contribution in [3.8, 4) is 0 Å². The Morgan fingerprint density at radius 3 is 2.08 bits per heavy atom. The normalized spacial score (nSPS) is 11.8. The van der Waals surface area contributed by atoms with Crippen LogP contribution in [0.25, 0.3) is 0 Å². The molecule has 0 aliphatic rings. The molecule has 0 heterocycles. The number of rotatable bonds is 14. The highest BCUT2D eigenvalue weighted by Gasteiger charge is 2.33. The first kappa shape index (κ1) is 30.3. The van der Waals surface area contributed by atoms with Crippen LogP contribution in [0, 0.1) is 10.1 Å². The largest absolute Gasteiger partial charge is 0.354 e. The lowest BCUT2D eigenvalue weighted by atomic mass is 10.1. The highest BCUT2D eigenvalue weighted by molar-refractivity contribution is 7.92. The second-order valence-electron chi connectivity index (χ2n) is 9.14. The topological polar surface area (TPSA) is 130 Å². The van der Waals surface area contributed by atoms with Gasteiger partial charge < -0.3 is 10.2 Å². The second-order valence-corrected chi connectivity index (χ2v) is 11.0. The Balaban J connectivity index is 2.00. The van der Waals surface area contributed by atoms with Crippen LogP contribution in [0.1, 0.15) is 32.3 Å². The number of non-ortho nitro benzene ring substituents is 1. The summed E-state index contributed by atoms with van der Waals surface area (Å²) in [5, 5.41) is 14.0. The van der Waals surface area contributed by atoms with E-state index in [1.165, 1.54) is 41.3 Å². The van der Waals surface area contributed by atoms with E-state index in [-0.39, 0.29) is 28.7 Å². The van der Waals surface area contributed by atoms with Crippen molar-refractivity contribution < 1.29 is 22.9 Å². The molecule has 2 amide bonds. The van der Waals surface area contributed by atoms with Gasteiger partial charge in [0, 0.05) is 25.2 Å². The molecule has 0 aliphatic carbocycles. The van der Waals surface area contributed by atoms with Gasteiger partial charge in [-0.05, 0) is 49.1 Å². The van der Waals surface area contributed by atoms with Crippen molar-refractivity contribution >= 4 is 33.2 Å². The number of nitrogens with one attached hydrogen (secondary N) is 1. The third-order valence-electron chi connectivity index (χ3n) is 6.38. The first-order valence-electron chi connectivity index (χ1n) is 13.1. The van der Waals surface area contributed by atoms with Gasteiger partial charge in [0.1, 0.15) is 12.6 Å². The van der Waals surface area contributed by atoms with E-state index >= 15 is 0 Å². The summed E-state index contributed by atoms with van der Waals surface area (Å²) in [5.41, 5.74) is 0.845. The Kier molecular flexibility index (Phi) is 10.8. The summed E-state index contributed by atoms with van der Waals surface area (Å²) in [7, 11) is -4.23. The second kappa shape index (κ2) is 14.2. The number of nitrogens with zero attached hydrogens (tertiary/aromatic N) is 3. The molecule has 0 unspecified atom stereocenters. The van der Waals surface area contributed by atoms with Gasteiger partial charge in [-0.3, -0.25) is 24.0 Å². The number of anilines is 1. The van der Waals surface area contributed by atoms with E-state index in [0.717, 1.165) is 16.3 Å². The van der Waals surface area contributed by atoms with Gasteiger partial charge in [0.2, 0.25) is 11.8 Å². The van der Waals surface area contributed by atoms with Crippen molar-refractivity contribution in [3.63, 3.8) is 0 Å². The molecule has 1 atom stereocenters. The molecule has 0 aromatic heterocycles. The minimum atomic E-state index is -4.23. The number of hydrogen-bond donors (Lipinski definition) is 1. The molecule has 0 spiro atoms. The van der Waals surface area contributed by atoms with Crippen molar-refractivity contribution in [1.82, 2.24) is 10.2 Å². The maximum atomic E-state index is 13.9. The lowest BCUT2D eigenvalue weighted by Gasteiger charge is -2.33. The third-order valence-corrected chi connectivity index (χ3v) is 8.17. The summed E-state index contributed by atoms with van der Waals surface area (Å²) >= 11 is 0. The molecule has 212 valence electrons. The van der Waals surface area contributed by atoms with Gasteiger partial charge in [-0.25, -0.2) is 8.42 Å². The number of amides is 2. The average Bonchev–Trinajstić information content (AvgIpc) is 2.97. The molecule has 0 saturated heterocycles. The number of hydrogen-bond acceptors (Lipinski definition) is 6.